The molecule has 138 valence electrons. The van der Waals surface area contributed by atoms with E-state index in [0.29, 0.717) is 12.1 Å². The van der Waals surface area contributed by atoms with Crippen LogP contribution in [0.2, 0.25) is 0 Å². The molecule has 0 aromatic heterocycles. The highest BCUT2D eigenvalue weighted by molar-refractivity contribution is 7.89. The smallest absolute Gasteiger partial charge is 0.200 e. The Balaban J connectivity index is 1.82. The van der Waals surface area contributed by atoms with Crippen LogP contribution in [0.4, 0.5) is 0 Å². The van der Waals surface area contributed by atoms with Crippen molar-refractivity contribution < 1.29 is 8.42 Å². The molecule has 3 aromatic carbocycles. The third kappa shape index (κ3) is 5.28. The molecule has 0 unspecified atom stereocenters. The molecular weight excluding hydrogens is 356 g/mol. The first-order valence-electron chi connectivity index (χ1n) is 8.79. The van der Waals surface area contributed by atoms with Gasteiger partial charge in [0.15, 0.2) is 0 Å². The van der Waals surface area contributed by atoms with E-state index < -0.39 is 10.0 Å². The van der Waals surface area contributed by atoms with Crippen LogP contribution in [-0.4, -0.2) is 14.1 Å². The average molecular weight is 378 g/mol. The standard InChI is InChI=1S/C22H22N2O2S/c1-18-12-15-21(16-13-18)27(25,26)24-23-22(20-10-6-3-7-11-20)17-14-19-8-4-2-5-9-19/h2-13,15-16,24H,14,17H2,1H3/b23-22+. The summed E-state index contributed by atoms with van der Waals surface area (Å²) in [6, 6.07) is 26.4. The van der Waals surface area contributed by atoms with Crippen LogP contribution in [0.5, 0.6) is 0 Å². The maximum atomic E-state index is 12.5. The Hall–Kier alpha value is -2.92. The van der Waals surface area contributed by atoms with Crippen LogP contribution >= 0.6 is 0 Å². The van der Waals surface area contributed by atoms with Gasteiger partial charge in [-0.1, -0.05) is 78.4 Å². The van der Waals surface area contributed by atoms with Gasteiger partial charge in [-0.3, -0.25) is 0 Å². The summed E-state index contributed by atoms with van der Waals surface area (Å²) in [5, 5.41) is 4.26. The highest BCUT2D eigenvalue weighted by Gasteiger charge is 2.13. The van der Waals surface area contributed by atoms with E-state index >= 15 is 0 Å². The molecule has 0 fully saturated rings. The SMILES string of the molecule is Cc1ccc(S(=O)(=O)N/N=C(\CCc2ccccc2)c2ccccc2)cc1. The van der Waals surface area contributed by atoms with E-state index in [-0.39, 0.29) is 4.90 Å². The molecule has 0 saturated carbocycles. The number of nitrogens with zero attached hydrogens (tertiary/aromatic N) is 1. The van der Waals surface area contributed by atoms with Crippen molar-refractivity contribution in [1.82, 2.24) is 4.83 Å². The predicted molar refractivity (Wildman–Crippen MR) is 109 cm³/mol. The zero-order valence-electron chi connectivity index (χ0n) is 15.2. The van der Waals surface area contributed by atoms with Crippen molar-refractivity contribution in [3.05, 3.63) is 102 Å². The predicted octanol–water partition coefficient (Wildman–Crippen LogP) is 4.31. The van der Waals surface area contributed by atoms with Gasteiger partial charge >= 0.3 is 0 Å². The molecule has 0 radical (unpaired) electrons. The molecule has 0 amide bonds. The maximum absolute atomic E-state index is 12.5. The molecule has 0 aliphatic carbocycles. The van der Waals surface area contributed by atoms with Crippen molar-refractivity contribution in [3.8, 4) is 0 Å². The minimum Gasteiger partial charge on any atom is -0.200 e. The molecule has 0 aliphatic heterocycles. The zero-order chi connectivity index (χ0) is 19.1. The van der Waals surface area contributed by atoms with Gasteiger partial charge in [-0.15, -0.1) is 0 Å². The van der Waals surface area contributed by atoms with E-state index in [1.54, 1.807) is 24.3 Å². The summed E-state index contributed by atoms with van der Waals surface area (Å²) in [5.41, 5.74) is 3.79. The van der Waals surface area contributed by atoms with E-state index in [2.05, 4.69) is 22.1 Å². The summed E-state index contributed by atoms with van der Waals surface area (Å²) in [7, 11) is -3.70. The highest BCUT2D eigenvalue weighted by atomic mass is 32.2. The Kier molecular flexibility index (Phi) is 6.04. The number of rotatable bonds is 7. The van der Waals surface area contributed by atoms with E-state index in [0.717, 1.165) is 17.5 Å². The second kappa shape index (κ2) is 8.64. The molecule has 4 nitrogen and oxygen atoms in total. The van der Waals surface area contributed by atoms with E-state index in [1.165, 1.54) is 5.56 Å². The Morgan fingerprint density at radius 2 is 1.44 bits per heavy atom. The monoisotopic (exact) mass is 378 g/mol. The van der Waals surface area contributed by atoms with Crippen LogP contribution in [0.3, 0.4) is 0 Å². The topological polar surface area (TPSA) is 58.5 Å². The number of aryl methyl sites for hydroxylation is 2. The first-order chi connectivity index (χ1) is 13.0. The number of benzene rings is 3. The van der Waals surface area contributed by atoms with E-state index in [9.17, 15) is 8.42 Å². The van der Waals surface area contributed by atoms with Crippen molar-refractivity contribution in [1.29, 1.82) is 0 Å². The molecule has 0 spiro atoms. The summed E-state index contributed by atoms with van der Waals surface area (Å²) >= 11 is 0. The van der Waals surface area contributed by atoms with Gasteiger partial charge in [0.25, 0.3) is 10.0 Å². The molecule has 1 N–H and O–H groups in total. The van der Waals surface area contributed by atoms with Crippen LogP contribution in [0, 0.1) is 6.92 Å². The summed E-state index contributed by atoms with van der Waals surface area (Å²) in [6.45, 7) is 1.92. The van der Waals surface area contributed by atoms with Gasteiger partial charge in [0.1, 0.15) is 0 Å². The van der Waals surface area contributed by atoms with Gasteiger partial charge in [0.2, 0.25) is 0 Å². The Morgan fingerprint density at radius 1 is 0.852 bits per heavy atom. The molecule has 5 heteroatoms. The fourth-order valence-corrected chi connectivity index (χ4v) is 3.52. The molecule has 27 heavy (non-hydrogen) atoms. The fourth-order valence-electron chi connectivity index (χ4n) is 2.69. The fraction of sp³-hybridized carbons (Fsp3) is 0.136. The normalized spacial score (nSPS) is 12.0. The van der Waals surface area contributed by atoms with Crippen LogP contribution in [0.15, 0.2) is 94.9 Å². The molecule has 0 bridgehead atoms. The summed E-state index contributed by atoms with van der Waals surface area (Å²) < 4.78 is 25.1. The minimum absolute atomic E-state index is 0.201. The summed E-state index contributed by atoms with van der Waals surface area (Å²) in [6.07, 6.45) is 1.41. The largest absolute Gasteiger partial charge is 0.276 e. The number of nitrogens with one attached hydrogen (secondary N) is 1. The Labute approximate surface area is 160 Å². The Bertz CT molecular complexity index is 997. The number of hydrazone groups is 1. The lowest BCUT2D eigenvalue weighted by Crippen LogP contribution is -2.21. The lowest BCUT2D eigenvalue weighted by atomic mass is 10.0. The van der Waals surface area contributed by atoms with Crippen molar-refractivity contribution >= 4 is 15.7 Å². The van der Waals surface area contributed by atoms with Crippen LogP contribution in [-0.2, 0) is 16.4 Å². The van der Waals surface area contributed by atoms with Crippen molar-refractivity contribution in [2.45, 2.75) is 24.7 Å². The first-order valence-corrected chi connectivity index (χ1v) is 10.3. The molecule has 0 saturated heterocycles. The molecular formula is C22H22N2O2S. The van der Waals surface area contributed by atoms with Crippen molar-refractivity contribution in [2.24, 2.45) is 5.10 Å². The van der Waals surface area contributed by atoms with Gasteiger partial charge in [-0.2, -0.15) is 18.4 Å². The molecule has 0 atom stereocenters. The van der Waals surface area contributed by atoms with Gasteiger partial charge in [0.05, 0.1) is 10.6 Å². The number of hydrogen-bond donors (Lipinski definition) is 1. The third-order valence-corrected chi connectivity index (χ3v) is 5.46. The minimum atomic E-state index is -3.70. The van der Waals surface area contributed by atoms with Crippen molar-refractivity contribution in [3.63, 3.8) is 0 Å². The van der Waals surface area contributed by atoms with Crippen LogP contribution in [0.1, 0.15) is 23.1 Å². The second-order valence-electron chi connectivity index (χ2n) is 6.32. The second-order valence-corrected chi connectivity index (χ2v) is 7.98. The third-order valence-electron chi connectivity index (χ3n) is 4.23. The average Bonchev–Trinajstić information content (AvgIpc) is 2.70. The van der Waals surface area contributed by atoms with E-state index in [1.807, 2.05) is 55.5 Å². The maximum Gasteiger partial charge on any atom is 0.276 e. The van der Waals surface area contributed by atoms with Crippen LogP contribution < -0.4 is 4.83 Å². The lowest BCUT2D eigenvalue weighted by Gasteiger charge is -2.09. The number of hydrogen-bond acceptors (Lipinski definition) is 3. The summed E-state index contributed by atoms with van der Waals surface area (Å²) in [5.74, 6) is 0. The van der Waals surface area contributed by atoms with Gasteiger partial charge in [0, 0.05) is 0 Å². The zero-order valence-corrected chi connectivity index (χ0v) is 16.0. The lowest BCUT2D eigenvalue weighted by molar-refractivity contribution is 0.584. The van der Waals surface area contributed by atoms with Gasteiger partial charge in [-0.05, 0) is 43.0 Å². The first kappa shape index (κ1) is 18.9. The van der Waals surface area contributed by atoms with E-state index in [4.69, 9.17) is 0 Å². The van der Waals surface area contributed by atoms with Gasteiger partial charge < -0.3 is 0 Å². The quantitative estimate of drug-likeness (QED) is 0.492. The van der Waals surface area contributed by atoms with Crippen LogP contribution in [0.25, 0.3) is 0 Å². The Morgan fingerprint density at radius 3 is 2.07 bits per heavy atom. The van der Waals surface area contributed by atoms with Crippen molar-refractivity contribution in [2.75, 3.05) is 0 Å². The molecule has 0 heterocycles. The summed E-state index contributed by atoms with van der Waals surface area (Å²) in [4.78, 5) is 2.59. The molecule has 3 aromatic rings. The van der Waals surface area contributed by atoms with Gasteiger partial charge in [-0.25, -0.2) is 0 Å². The molecule has 0 aliphatic rings. The molecule has 3 rings (SSSR count). The highest BCUT2D eigenvalue weighted by Crippen LogP contribution is 2.12. The number of sulfonamides is 1.